The molecule has 1 rings (SSSR count). The molecule has 1 fully saturated rings. The Morgan fingerprint density at radius 2 is 2.06 bits per heavy atom. The van der Waals surface area contributed by atoms with Crippen molar-refractivity contribution in [1.29, 1.82) is 0 Å². The molecule has 1 aliphatic rings. The first kappa shape index (κ1) is 14.9. The van der Waals surface area contributed by atoms with Gasteiger partial charge < -0.3 is 4.74 Å². The molecule has 0 bridgehead atoms. The van der Waals surface area contributed by atoms with Crippen molar-refractivity contribution in [3.05, 3.63) is 0 Å². The lowest BCUT2D eigenvalue weighted by atomic mass is 10.1. The first-order valence-electron chi connectivity index (χ1n) is 7.15. The van der Waals surface area contributed by atoms with Crippen LogP contribution in [0, 0.1) is 0 Å². The molecule has 2 unspecified atom stereocenters. The summed E-state index contributed by atoms with van der Waals surface area (Å²) < 4.78 is 5.61. The fraction of sp³-hybridized carbons (Fsp3) is 1.00. The fourth-order valence-electron chi connectivity index (χ4n) is 2.06. The maximum atomic E-state index is 5.61. The van der Waals surface area contributed by atoms with Gasteiger partial charge in [0.1, 0.15) is 0 Å². The third kappa shape index (κ3) is 6.39. The molecule has 3 heteroatoms. The lowest BCUT2D eigenvalue weighted by molar-refractivity contribution is -0.445. The molecule has 0 aromatic carbocycles. The van der Waals surface area contributed by atoms with Crippen LogP contribution < -0.4 is 0 Å². The van der Waals surface area contributed by atoms with Crippen LogP contribution in [0.15, 0.2) is 0 Å². The normalized spacial score (nSPS) is 27.0. The Bertz CT molecular complexity index is 188. The largest absolute Gasteiger partial charge is 0.348 e. The Kier molecular flexibility index (Phi) is 7.09. The average Bonchev–Trinajstić information content (AvgIpc) is 2.33. The first-order valence-corrected chi connectivity index (χ1v) is 7.15. The first-order chi connectivity index (χ1) is 8.16. The molecular weight excluding hydrogens is 216 g/mol. The van der Waals surface area contributed by atoms with Gasteiger partial charge in [0.15, 0.2) is 5.79 Å². The number of unbranched alkanes of at least 4 members (excludes halogenated alkanes) is 3. The van der Waals surface area contributed by atoms with Crippen LogP contribution in [0.4, 0.5) is 0 Å². The average molecular weight is 244 g/mol. The van der Waals surface area contributed by atoms with Gasteiger partial charge in [0.25, 0.3) is 0 Å². The third-order valence-corrected chi connectivity index (χ3v) is 3.29. The van der Waals surface area contributed by atoms with Crippen molar-refractivity contribution in [3.8, 4) is 0 Å². The van der Waals surface area contributed by atoms with Gasteiger partial charge in [-0.1, -0.05) is 32.6 Å². The minimum Gasteiger partial charge on any atom is -0.348 e. The Hall–Kier alpha value is -0.120. The predicted molar refractivity (Wildman–Crippen MR) is 68.6 cm³/mol. The van der Waals surface area contributed by atoms with Crippen LogP contribution in [-0.2, 0) is 14.5 Å². The third-order valence-electron chi connectivity index (χ3n) is 3.29. The zero-order valence-corrected chi connectivity index (χ0v) is 11.7. The van der Waals surface area contributed by atoms with Crippen molar-refractivity contribution in [2.75, 3.05) is 6.61 Å². The SMILES string of the molecule is CCCCCCC(C)OOC1(C)CCCCO1. The van der Waals surface area contributed by atoms with Gasteiger partial charge in [0.2, 0.25) is 0 Å². The van der Waals surface area contributed by atoms with E-state index in [1.54, 1.807) is 0 Å². The van der Waals surface area contributed by atoms with Gasteiger partial charge in [-0.05, 0) is 33.1 Å². The van der Waals surface area contributed by atoms with Crippen LogP contribution in [0.1, 0.15) is 72.1 Å². The molecule has 0 radical (unpaired) electrons. The van der Waals surface area contributed by atoms with E-state index in [1.165, 1.54) is 25.7 Å². The van der Waals surface area contributed by atoms with Gasteiger partial charge in [-0.25, -0.2) is 9.78 Å². The Balaban J connectivity index is 2.07. The number of hydrogen-bond acceptors (Lipinski definition) is 3. The molecule has 0 N–H and O–H groups in total. The molecule has 0 aromatic rings. The second-order valence-electron chi connectivity index (χ2n) is 5.28. The van der Waals surface area contributed by atoms with E-state index in [9.17, 15) is 0 Å². The summed E-state index contributed by atoms with van der Waals surface area (Å²) in [4.78, 5) is 10.9. The minimum atomic E-state index is -0.518. The molecule has 102 valence electrons. The summed E-state index contributed by atoms with van der Waals surface area (Å²) in [6, 6.07) is 0. The second-order valence-corrected chi connectivity index (χ2v) is 5.28. The van der Waals surface area contributed by atoms with E-state index in [2.05, 4.69) is 13.8 Å². The maximum Gasteiger partial charge on any atom is 0.198 e. The van der Waals surface area contributed by atoms with E-state index in [1.807, 2.05) is 6.92 Å². The summed E-state index contributed by atoms with van der Waals surface area (Å²) in [5.74, 6) is -0.518. The Morgan fingerprint density at radius 1 is 1.24 bits per heavy atom. The van der Waals surface area contributed by atoms with Crippen LogP contribution in [-0.4, -0.2) is 18.5 Å². The fourth-order valence-corrected chi connectivity index (χ4v) is 2.06. The van der Waals surface area contributed by atoms with Crippen molar-refractivity contribution in [2.24, 2.45) is 0 Å². The van der Waals surface area contributed by atoms with Gasteiger partial charge in [0.05, 0.1) is 12.7 Å². The number of rotatable bonds is 8. The predicted octanol–water partition coefficient (Wildman–Crippen LogP) is 4.21. The standard InChI is InChI=1S/C14H28O3/c1-4-5-6-7-10-13(2)16-17-14(3)11-8-9-12-15-14/h13H,4-12H2,1-3H3. The van der Waals surface area contributed by atoms with Crippen molar-refractivity contribution in [2.45, 2.75) is 84.0 Å². The van der Waals surface area contributed by atoms with E-state index >= 15 is 0 Å². The van der Waals surface area contributed by atoms with Crippen molar-refractivity contribution in [1.82, 2.24) is 0 Å². The Morgan fingerprint density at radius 3 is 2.71 bits per heavy atom. The van der Waals surface area contributed by atoms with Crippen LogP contribution in [0.25, 0.3) is 0 Å². The highest BCUT2D eigenvalue weighted by Gasteiger charge is 2.30. The molecule has 1 aliphatic heterocycles. The molecule has 0 spiro atoms. The highest BCUT2D eigenvalue weighted by molar-refractivity contribution is 4.66. The monoisotopic (exact) mass is 244 g/mol. The molecule has 3 nitrogen and oxygen atoms in total. The van der Waals surface area contributed by atoms with Gasteiger partial charge in [-0.2, -0.15) is 0 Å². The van der Waals surface area contributed by atoms with Gasteiger partial charge in [-0.3, -0.25) is 0 Å². The Labute approximate surface area is 106 Å². The second kappa shape index (κ2) is 8.06. The van der Waals surface area contributed by atoms with Crippen molar-refractivity contribution < 1.29 is 14.5 Å². The molecule has 1 saturated heterocycles. The van der Waals surface area contributed by atoms with E-state index in [4.69, 9.17) is 14.5 Å². The van der Waals surface area contributed by atoms with E-state index < -0.39 is 5.79 Å². The van der Waals surface area contributed by atoms with Crippen LogP contribution in [0.2, 0.25) is 0 Å². The molecule has 0 amide bonds. The smallest absolute Gasteiger partial charge is 0.198 e. The molecule has 2 atom stereocenters. The van der Waals surface area contributed by atoms with Gasteiger partial charge in [0, 0.05) is 6.42 Å². The quantitative estimate of drug-likeness (QED) is 0.363. The molecule has 1 heterocycles. The van der Waals surface area contributed by atoms with Crippen molar-refractivity contribution in [3.63, 3.8) is 0 Å². The summed E-state index contributed by atoms with van der Waals surface area (Å²) in [6.45, 7) is 7.04. The molecule has 17 heavy (non-hydrogen) atoms. The lowest BCUT2D eigenvalue weighted by Crippen LogP contribution is -2.37. The van der Waals surface area contributed by atoms with Crippen LogP contribution in [0.5, 0.6) is 0 Å². The van der Waals surface area contributed by atoms with E-state index in [0.29, 0.717) is 0 Å². The summed E-state index contributed by atoms with van der Waals surface area (Å²) in [6.07, 6.45) is 9.54. The minimum absolute atomic E-state index is 0.161. The van der Waals surface area contributed by atoms with Crippen LogP contribution >= 0.6 is 0 Å². The summed E-state index contributed by atoms with van der Waals surface area (Å²) in [5.41, 5.74) is 0. The molecule has 0 aliphatic carbocycles. The highest BCUT2D eigenvalue weighted by Crippen LogP contribution is 2.26. The summed E-state index contributed by atoms with van der Waals surface area (Å²) in [5, 5.41) is 0. The zero-order valence-electron chi connectivity index (χ0n) is 11.7. The summed E-state index contributed by atoms with van der Waals surface area (Å²) >= 11 is 0. The molecular formula is C14H28O3. The topological polar surface area (TPSA) is 27.7 Å². The van der Waals surface area contributed by atoms with E-state index in [0.717, 1.165) is 32.3 Å². The number of ether oxygens (including phenoxy) is 1. The summed E-state index contributed by atoms with van der Waals surface area (Å²) in [7, 11) is 0. The highest BCUT2D eigenvalue weighted by atomic mass is 17.2. The lowest BCUT2D eigenvalue weighted by Gasteiger charge is -2.32. The molecule has 0 saturated carbocycles. The van der Waals surface area contributed by atoms with Gasteiger partial charge in [-0.15, -0.1) is 0 Å². The van der Waals surface area contributed by atoms with Crippen LogP contribution in [0.3, 0.4) is 0 Å². The number of hydrogen-bond donors (Lipinski definition) is 0. The zero-order chi connectivity index (χ0) is 12.6. The van der Waals surface area contributed by atoms with Gasteiger partial charge >= 0.3 is 0 Å². The molecule has 0 aromatic heterocycles. The van der Waals surface area contributed by atoms with Crippen molar-refractivity contribution >= 4 is 0 Å². The van der Waals surface area contributed by atoms with E-state index in [-0.39, 0.29) is 6.10 Å². The maximum absolute atomic E-state index is 5.61.